The maximum absolute atomic E-state index is 11.3. The third-order valence-corrected chi connectivity index (χ3v) is 2.82. The van der Waals surface area contributed by atoms with Gasteiger partial charge in [-0.25, -0.2) is 0 Å². The Bertz CT molecular complexity index is 249. The van der Waals surface area contributed by atoms with Crippen LogP contribution in [0, 0.1) is 5.92 Å². The number of ether oxygens (including phenoxy) is 2. The molecule has 4 heteroatoms. The van der Waals surface area contributed by atoms with Crippen LogP contribution in [-0.2, 0) is 19.1 Å². The van der Waals surface area contributed by atoms with Gasteiger partial charge >= 0.3 is 5.97 Å². The second-order valence-corrected chi connectivity index (χ2v) is 4.12. The van der Waals surface area contributed by atoms with Crippen LogP contribution in [0.3, 0.4) is 0 Å². The van der Waals surface area contributed by atoms with Crippen LogP contribution in [0.2, 0.25) is 0 Å². The molecule has 0 radical (unpaired) electrons. The zero-order valence-corrected chi connectivity index (χ0v) is 9.49. The number of rotatable bonds is 3. The first kappa shape index (κ1) is 12.2. The van der Waals surface area contributed by atoms with Crippen LogP contribution in [0.1, 0.15) is 33.1 Å². The maximum Gasteiger partial charge on any atom is 0.308 e. The second-order valence-electron chi connectivity index (χ2n) is 4.12. The second kappa shape index (κ2) is 5.26. The van der Waals surface area contributed by atoms with E-state index in [1.54, 1.807) is 0 Å². The summed E-state index contributed by atoms with van der Waals surface area (Å²) in [4.78, 5) is 22.3. The number of esters is 1. The molecule has 0 bridgehead atoms. The molecule has 1 fully saturated rings. The van der Waals surface area contributed by atoms with Gasteiger partial charge in [0.1, 0.15) is 6.10 Å². The van der Waals surface area contributed by atoms with Gasteiger partial charge in [0.2, 0.25) is 0 Å². The van der Waals surface area contributed by atoms with Crippen LogP contribution in [-0.4, -0.2) is 31.1 Å². The van der Waals surface area contributed by atoms with Gasteiger partial charge in [0.25, 0.3) is 0 Å². The van der Waals surface area contributed by atoms with Gasteiger partial charge in [0, 0.05) is 0 Å². The Labute approximate surface area is 89.9 Å². The van der Waals surface area contributed by atoms with E-state index in [4.69, 9.17) is 4.74 Å². The van der Waals surface area contributed by atoms with Crippen molar-refractivity contribution in [1.82, 2.24) is 0 Å². The average molecular weight is 214 g/mol. The number of hydrogen-bond donors (Lipinski definition) is 0. The molecule has 0 aromatic rings. The fourth-order valence-electron chi connectivity index (χ4n) is 1.93. The number of methoxy groups -OCH3 is 1. The predicted octanol–water partition coefficient (Wildman–Crippen LogP) is 1.32. The molecule has 86 valence electrons. The summed E-state index contributed by atoms with van der Waals surface area (Å²) in [6.07, 6.45) is 1.47. The van der Waals surface area contributed by atoms with Crippen molar-refractivity contribution >= 4 is 11.8 Å². The Hall–Kier alpha value is -0.900. The lowest BCUT2D eigenvalue weighted by Crippen LogP contribution is -2.39. The molecule has 15 heavy (non-hydrogen) atoms. The molecular weight excluding hydrogens is 196 g/mol. The fraction of sp³-hybridized carbons (Fsp3) is 0.818. The Balaban J connectivity index is 2.50. The van der Waals surface area contributed by atoms with Crippen molar-refractivity contribution in [3.05, 3.63) is 0 Å². The summed E-state index contributed by atoms with van der Waals surface area (Å²) in [5.74, 6) is 0.00492. The molecule has 0 N–H and O–H groups in total. The lowest BCUT2D eigenvalue weighted by Gasteiger charge is -2.32. The largest absolute Gasteiger partial charge is 0.469 e. The fourth-order valence-corrected chi connectivity index (χ4v) is 1.93. The highest BCUT2D eigenvalue weighted by Crippen LogP contribution is 2.26. The summed E-state index contributed by atoms with van der Waals surface area (Å²) >= 11 is 0. The van der Waals surface area contributed by atoms with E-state index >= 15 is 0 Å². The molecule has 0 unspecified atom stereocenters. The number of ketones is 1. The lowest BCUT2D eigenvalue weighted by molar-refractivity contribution is -0.155. The molecule has 3 atom stereocenters. The minimum atomic E-state index is -0.353. The first-order valence-electron chi connectivity index (χ1n) is 5.27. The van der Waals surface area contributed by atoms with Gasteiger partial charge in [-0.05, 0) is 25.7 Å². The monoisotopic (exact) mass is 214 g/mol. The first-order valence-corrected chi connectivity index (χ1v) is 5.27. The molecule has 0 saturated carbocycles. The summed E-state index contributed by atoms with van der Waals surface area (Å²) < 4.78 is 10.2. The van der Waals surface area contributed by atoms with E-state index in [0.717, 1.165) is 12.8 Å². The quantitative estimate of drug-likeness (QED) is 0.665. The predicted molar refractivity (Wildman–Crippen MR) is 54.4 cm³/mol. The van der Waals surface area contributed by atoms with Crippen LogP contribution in [0.25, 0.3) is 0 Å². The number of Topliss-reactive ketones (excluding diaryl/α,β-unsaturated/α-hetero) is 1. The highest BCUT2D eigenvalue weighted by atomic mass is 16.5. The van der Waals surface area contributed by atoms with Crippen molar-refractivity contribution in [2.75, 3.05) is 7.11 Å². The third kappa shape index (κ3) is 3.30. The zero-order valence-electron chi connectivity index (χ0n) is 9.49. The zero-order chi connectivity index (χ0) is 11.4. The molecule has 0 aromatic carbocycles. The van der Waals surface area contributed by atoms with E-state index in [1.807, 2.05) is 6.92 Å². The molecule has 0 aromatic heterocycles. The van der Waals surface area contributed by atoms with Gasteiger partial charge in [-0.15, -0.1) is 0 Å². The van der Waals surface area contributed by atoms with E-state index in [0.29, 0.717) is 0 Å². The molecular formula is C11H18O4. The standard InChI is InChI=1S/C11H18O4/c1-7-4-5-9(6-10(13)14-3)15-11(7)8(2)12/h7,9,11H,4-6H2,1-3H3/t7-,9+,11+/m1/s1. The number of carbonyl (C=O) groups excluding carboxylic acids is 2. The molecule has 4 nitrogen and oxygen atoms in total. The Morgan fingerprint density at radius 1 is 1.40 bits per heavy atom. The van der Waals surface area contributed by atoms with Gasteiger partial charge in [-0.2, -0.15) is 0 Å². The lowest BCUT2D eigenvalue weighted by atomic mass is 9.90. The number of carbonyl (C=O) groups is 2. The van der Waals surface area contributed by atoms with Crippen LogP contribution in [0.5, 0.6) is 0 Å². The Morgan fingerprint density at radius 3 is 2.60 bits per heavy atom. The van der Waals surface area contributed by atoms with Gasteiger partial charge in [0.15, 0.2) is 5.78 Å². The molecule has 0 amide bonds. The summed E-state index contributed by atoms with van der Waals surface area (Å²) in [7, 11) is 1.36. The third-order valence-electron chi connectivity index (χ3n) is 2.82. The van der Waals surface area contributed by atoms with Gasteiger partial charge < -0.3 is 9.47 Å². The van der Waals surface area contributed by atoms with E-state index < -0.39 is 0 Å². The van der Waals surface area contributed by atoms with Crippen molar-refractivity contribution in [2.45, 2.75) is 45.3 Å². The van der Waals surface area contributed by atoms with Crippen molar-refractivity contribution in [1.29, 1.82) is 0 Å². The van der Waals surface area contributed by atoms with E-state index in [2.05, 4.69) is 4.74 Å². The molecule has 1 aliphatic rings. The summed E-state index contributed by atoms with van der Waals surface area (Å²) in [5.41, 5.74) is 0. The maximum atomic E-state index is 11.3. The molecule has 1 saturated heterocycles. The first-order chi connectivity index (χ1) is 7.04. The molecule has 0 spiro atoms. The van der Waals surface area contributed by atoms with Crippen molar-refractivity contribution < 1.29 is 19.1 Å². The highest BCUT2D eigenvalue weighted by molar-refractivity contribution is 5.81. The normalized spacial score (nSPS) is 31.0. The smallest absolute Gasteiger partial charge is 0.308 e. The van der Waals surface area contributed by atoms with Gasteiger partial charge in [0.05, 0.1) is 19.6 Å². The van der Waals surface area contributed by atoms with Crippen LogP contribution in [0.15, 0.2) is 0 Å². The minimum Gasteiger partial charge on any atom is -0.469 e. The van der Waals surface area contributed by atoms with Crippen LogP contribution >= 0.6 is 0 Å². The summed E-state index contributed by atoms with van der Waals surface area (Å²) in [5, 5.41) is 0. The Kier molecular flexibility index (Phi) is 4.27. The van der Waals surface area contributed by atoms with Gasteiger partial charge in [-0.3, -0.25) is 9.59 Å². The summed E-state index contributed by atoms with van der Waals surface area (Å²) in [6.45, 7) is 3.53. The van der Waals surface area contributed by atoms with Gasteiger partial charge in [-0.1, -0.05) is 6.92 Å². The molecule has 1 aliphatic heterocycles. The topological polar surface area (TPSA) is 52.6 Å². The molecule has 0 aliphatic carbocycles. The van der Waals surface area contributed by atoms with E-state index in [1.165, 1.54) is 14.0 Å². The SMILES string of the molecule is COC(=O)C[C@@H]1CC[C@@H](C)[C@@H](C(C)=O)O1. The van der Waals surface area contributed by atoms with Crippen molar-refractivity contribution in [3.8, 4) is 0 Å². The minimum absolute atomic E-state index is 0.0389. The Morgan fingerprint density at radius 2 is 2.07 bits per heavy atom. The molecule has 1 heterocycles. The van der Waals surface area contributed by atoms with Crippen LogP contribution in [0.4, 0.5) is 0 Å². The molecule has 1 rings (SSSR count). The number of hydrogen-bond acceptors (Lipinski definition) is 4. The average Bonchev–Trinajstić information content (AvgIpc) is 2.20. The van der Waals surface area contributed by atoms with E-state index in [-0.39, 0.29) is 36.3 Å². The summed E-state index contributed by atoms with van der Waals surface area (Å²) in [6, 6.07) is 0. The van der Waals surface area contributed by atoms with Crippen molar-refractivity contribution in [2.24, 2.45) is 5.92 Å². The van der Waals surface area contributed by atoms with E-state index in [9.17, 15) is 9.59 Å². The van der Waals surface area contributed by atoms with Crippen molar-refractivity contribution in [3.63, 3.8) is 0 Å². The van der Waals surface area contributed by atoms with Crippen LogP contribution < -0.4 is 0 Å². The highest BCUT2D eigenvalue weighted by Gasteiger charge is 2.32.